The van der Waals surface area contributed by atoms with Crippen molar-refractivity contribution in [1.82, 2.24) is 24.3 Å². The molecule has 0 unspecified atom stereocenters. The van der Waals surface area contributed by atoms with Crippen molar-refractivity contribution in [2.75, 3.05) is 20.3 Å². The van der Waals surface area contributed by atoms with Crippen LogP contribution < -0.4 is 10.3 Å². The van der Waals surface area contributed by atoms with Crippen molar-refractivity contribution in [2.24, 2.45) is 0 Å². The van der Waals surface area contributed by atoms with Gasteiger partial charge in [0.25, 0.3) is 5.56 Å². The van der Waals surface area contributed by atoms with Crippen LogP contribution in [-0.2, 0) is 17.7 Å². The first-order valence-electron chi connectivity index (χ1n) is 10.9. The third-order valence-electron chi connectivity index (χ3n) is 5.63. The Bertz CT molecular complexity index is 1350. The predicted molar refractivity (Wildman–Crippen MR) is 128 cm³/mol. The van der Waals surface area contributed by atoms with Crippen LogP contribution in [0.25, 0.3) is 33.2 Å². The Morgan fingerprint density at radius 3 is 2.88 bits per heavy atom. The van der Waals surface area contributed by atoms with Crippen molar-refractivity contribution in [1.29, 1.82) is 0 Å². The lowest BCUT2D eigenvalue weighted by Crippen LogP contribution is -2.20. The van der Waals surface area contributed by atoms with Gasteiger partial charge in [-0.2, -0.15) is 5.10 Å². The van der Waals surface area contributed by atoms with Crippen LogP contribution in [-0.4, -0.2) is 44.6 Å². The normalized spacial score (nSPS) is 12.8. The number of nitrogens with zero attached hydrogens (tertiary/aromatic N) is 5. The number of fused-ring (bicyclic) bond motifs is 3. The van der Waals surface area contributed by atoms with E-state index in [1.165, 1.54) is 4.88 Å². The Labute approximate surface area is 195 Å². The van der Waals surface area contributed by atoms with Gasteiger partial charge in [0.2, 0.25) is 0 Å². The van der Waals surface area contributed by atoms with E-state index in [-0.39, 0.29) is 11.6 Å². The largest absolute Gasteiger partial charge is 0.492 e. The monoisotopic (exact) mass is 463 g/mol. The van der Waals surface area contributed by atoms with Crippen molar-refractivity contribution in [3.05, 3.63) is 58.1 Å². The number of rotatable bonds is 6. The van der Waals surface area contributed by atoms with E-state index in [0.29, 0.717) is 19.8 Å². The molecule has 0 fully saturated rings. The molecule has 0 saturated carbocycles. The van der Waals surface area contributed by atoms with Crippen LogP contribution in [0.2, 0.25) is 0 Å². The Morgan fingerprint density at radius 2 is 2.06 bits per heavy atom. The summed E-state index contributed by atoms with van der Waals surface area (Å²) in [6.07, 6.45) is 4.23. The molecule has 0 N–H and O–H groups in total. The zero-order valence-electron chi connectivity index (χ0n) is 18.8. The van der Waals surface area contributed by atoms with Gasteiger partial charge in [-0.3, -0.25) is 4.79 Å². The van der Waals surface area contributed by atoms with Crippen molar-refractivity contribution in [3.8, 4) is 39.0 Å². The Hall–Kier alpha value is -3.30. The number of hydrogen-bond acceptors (Lipinski definition) is 7. The first-order valence-corrected chi connectivity index (χ1v) is 11.7. The third kappa shape index (κ3) is 4.09. The predicted octanol–water partition coefficient (Wildman–Crippen LogP) is 4.06. The molecule has 0 aliphatic carbocycles. The minimum atomic E-state index is -0.0456. The van der Waals surface area contributed by atoms with Gasteiger partial charge in [0.1, 0.15) is 12.1 Å². The molecule has 1 aliphatic rings. The second-order valence-corrected chi connectivity index (χ2v) is 9.25. The van der Waals surface area contributed by atoms with Gasteiger partial charge in [0.05, 0.1) is 18.9 Å². The molecule has 1 aromatic carbocycles. The fourth-order valence-corrected chi connectivity index (χ4v) is 4.99. The first-order chi connectivity index (χ1) is 16.0. The van der Waals surface area contributed by atoms with E-state index in [1.54, 1.807) is 35.4 Å². The molecule has 9 heteroatoms. The Balaban J connectivity index is 1.53. The Morgan fingerprint density at radius 1 is 1.21 bits per heavy atom. The molecule has 0 saturated heterocycles. The van der Waals surface area contributed by atoms with E-state index in [1.807, 2.05) is 29.1 Å². The molecule has 3 aromatic heterocycles. The van der Waals surface area contributed by atoms with Gasteiger partial charge in [0.15, 0.2) is 10.8 Å². The summed E-state index contributed by atoms with van der Waals surface area (Å²) in [6.45, 7) is 5.74. The van der Waals surface area contributed by atoms with Crippen LogP contribution in [0.5, 0.6) is 5.75 Å². The van der Waals surface area contributed by atoms with Gasteiger partial charge in [-0.1, -0.05) is 6.07 Å². The molecule has 4 heterocycles. The molecular weight excluding hydrogens is 438 g/mol. The molecule has 4 aromatic rings. The number of hydrogen-bond donors (Lipinski definition) is 0. The van der Waals surface area contributed by atoms with Gasteiger partial charge in [-0.15, -0.1) is 11.3 Å². The number of methoxy groups -OCH3 is 1. The number of benzene rings is 1. The average molecular weight is 464 g/mol. The van der Waals surface area contributed by atoms with Crippen LogP contribution in [0, 0.1) is 0 Å². The molecular formula is C24H25N5O3S. The van der Waals surface area contributed by atoms with Crippen molar-refractivity contribution in [2.45, 2.75) is 32.9 Å². The molecule has 0 bridgehead atoms. The highest BCUT2D eigenvalue weighted by Gasteiger charge is 2.23. The van der Waals surface area contributed by atoms with Crippen LogP contribution >= 0.6 is 11.3 Å². The van der Waals surface area contributed by atoms with E-state index < -0.39 is 0 Å². The first kappa shape index (κ1) is 21.5. The smallest absolute Gasteiger partial charge is 0.250 e. The maximum Gasteiger partial charge on any atom is 0.250 e. The Kier molecular flexibility index (Phi) is 5.82. The van der Waals surface area contributed by atoms with Crippen LogP contribution in [0.1, 0.15) is 24.8 Å². The molecule has 1 aliphatic heterocycles. The van der Waals surface area contributed by atoms with Gasteiger partial charge in [0, 0.05) is 48.8 Å². The second kappa shape index (κ2) is 8.92. The highest BCUT2D eigenvalue weighted by Crippen LogP contribution is 2.41. The number of aromatic nitrogens is 5. The summed E-state index contributed by atoms with van der Waals surface area (Å²) in [5, 5.41) is 5.22. The van der Waals surface area contributed by atoms with Crippen LogP contribution in [0.3, 0.4) is 0 Å². The molecule has 8 nitrogen and oxygen atoms in total. The van der Waals surface area contributed by atoms with Crippen molar-refractivity contribution in [3.63, 3.8) is 0 Å². The maximum absolute atomic E-state index is 12.2. The fourth-order valence-electron chi connectivity index (χ4n) is 3.95. The van der Waals surface area contributed by atoms with E-state index in [0.717, 1.165) is 45.4 Å². The number of thiazole rings is 1. The minimum Gasteiger partial charge on any atom is -0.492 e. The standard InChI is InChI=1S/C24H25N5O3S/c1-15(2)29-23(25-14-26-29)24-27-22-18-6-4-16(12-19(18)32-10-8-20(22)33-24)17-5-7-21(30)28(13-17)9-11-31-3/h4-7,12-15H,8-11H2,1-3H3. The number of pyridine rings is 1. The maximum atomic E-state index is 12.2. The quantitative estimate of drug-likeness (QED) is 0.429. The van der Waals surface area contributed by atoms with Gasteiger partial charge in [-0.05, 0) is 43.2 Å². The topological polar surface area (TPSA) is 84.1 Å². The van der Waals surface area contributed by atoms with Crippen LogP contribution in [0.4, 0.5) is 0 Å². The molecule has 0 amide bonds. The summed E-state index contributed by atoms with van der Waals surface area (Å²) in [5.74, 6) is 1.59. The highest BCUT2D eigenvalue weighted by atomic mass is 32.1. The summed E-state index contributed by atoms with van der Waals surface area (Å²) in [7, 11) is 1.63. The van der Waals surface area contributed by atoms with Gasteiger partial charge < -0.3 is 14.0 Å². The van der Waals surface area contributed by atoms with Crippen molar-refractivity contribution >= 4 is 11.3 Å². The van der Waals surface area contributed by atoms with E-state index in [2.05, 4.69) is 30.0 Å². The lowest BCUT2D eigenvalue weighted by Gasteiger charge is -2.12. The van der Waals surface area contributed by atoms with E-state index >= 15 is 0 Å². The van der Waals surface area contributed by atoms with Crippen molar-refractivity contribution < 1.29 is 9.47 Å². The summed E-state index contributed by atoms with van der Waals surface area (Å²) in [6, 6.07) is 9.77. The zero-order chi connectivity index (χ0) is 22.9. The second-order valence-electron chi connectivity index (χ2n) is 8.16. The minimum absolute atomic E-state index is 0.0456. The van der Waals surface area contributed by atoms with E-state index in [4.69, 9.17) is 14.5 Å². The SMILES string of the molecule is COCCn1cc(-c2ccc3c(c2)OCCc2sc(-c4ncnn4C(C)C)nc2-3)ccc1=O. The lowest BCUT2D eigenvalue weighted by atomic mass is 10.0. The summed E-state index contributed by atoms with van der Waals surface area (Å²) < 4.78 is 14.8. The highest BCUT2D eigenvalue weighted by molar-refractivity contribution is 7.15. The van der Waals surface area contributed by atoms with Crippen LogP contribution in [0.15, 0.2) is 47.7 Å². The molecule has 0 spiro atoms. The summed E-state index contributed by atoms with van der Waals surface area (Å²) >= 11 is 1.65. The molecule has 0 radical (unpaired) electrons. The van der Waals surface area contributed by atoms with Gasteiger partial charge >= 0.3 is 0 Å². The molecule has 170 valence electrons. The number of ether oxygens (including phenoxy) is 2. The van der Waals surface area contributed by atoms with E-state index in [9.17, 15) is 4.79 Å². The summed E-state index contributed by atoms with van der Waals surface area (Å²) in [5.41, 5.74) is 3.80. The zero-order valence-corrected chi connectivity index (χ0v) is 19.6. The third-order valence-corrected chi connectivity index (χ3v) is 6.74. The average Bonchev–Trinajstić information content (AvgIpc) is 3.43. The molecule has 33 heavy (non-hydrogen) atoms. The summed E-state index contributed by atoms with van der Waals surface area (Å²) in [4.78, 5) is 22.7. The molecule has 5 rings (SSSR count). The molecule has 0 atom stereocenters. The lowest BCUT2D eigenvalue weighted by molar-refractivity contribution is 0.186. The van der Waals surface area contributed by atoms with Gasteiger partial charge in [-0.25, -0.2) is 14.6 Å². The fraction of sp³-hybridized carbons (Fsp3) is 0.333.